The van der Waals surface area contributed by atoms with E-state index in [1.165, 1.54) is 16.8 Å². The third-order valence-corrected chi connectivity index (χ3v) is 6.57. The highest BCUT2D eigenvalue weighted by molar-refractivity contribution is 5.75. The van der Waals surface area contributed by atoms with E-state index < -0.39 is 0 Å². The Morgan fingerprint density at radius 3 is 2.29 bits per heavy atom. The van der Waals surface area contributed by atoms with Gasteiger partial charge >= 0.3 is 0 Å². The number of carbonyl (C=O) groups excluding carboxylic acids is 1. The molecule has 2 aromatic carbocycles. The summed E-state index contributed by atoms with van der Waals surface area (Å²) < 4.78 is 6.06. The number of benzene rings is 2. The molecule has 4 heteroatoms. The molecule has 1 fully saturated rings. The van der Waals surface area contributed by atoms with Crippen LogP contribution in [-0.4, -0.2) is 43.7 Å². The zero-order chi connectivity index (χ0) is 22.5. The molecule has 0 radical (unpaired) electrons. The first-order chi connectivity index (χ1) is 14.7. The van der Waals surface area contributed by atoms with E-state index in [9.17, 15) is 4.79 Å². The van der Waals surface area contributed by atoms with Gasteiger partial charge in [-0.2, -0.15) is 0 Å². The molecule has 31 heavy (non-hydrogen) atoms. The average molecular weight is 423 g/mol. The highest BCUT2D eigenvalue weighted by atomic mass is 16.5. The summed E-state index contributed by atoms with van der Waals surface area (Å²) in [6.07, 6.45) is 3.44. The van der Waals surface area contributed by atoms with Crippen LogP contribution in [0, 0.1) is 0 Å². The molecule has 0 N–H and O–H groups in total. The molecule has 0 aliphatic carbocycles. The minimum absolute atomic E-state index is 0.0318. The highest BCUT2D eigenvalue weighted by Crippen LogP contribution is 2.44. The van der Waals surface area contributed by atoms with Gasteiger partial charge < -0.3 is 14.5 Å². The number of amides is 1. The summed E-state index contributed by atoms with van der Waals surface area (Å²) in [5.41, 5.74) is 3.59. The Hall–Kier alpha value is -2.33. The van der Waals surface area contributed by atoms with Gasteiger partial charge in [-0.25, -0.2) is 0 Å². The number of anilines is 1. The summed E-state index contributed by atoms with van der Waals surface area (Å²) in [7, 11) is 4.08. The zero-order valence-electron chi connectivity index (χ0n) is 19.9. The molecule has 168 valence electrons. The molecule has 1 amide bonds. The zero-order valence-corrected chi connectivity index (χ0v) is 19.9. The maximum Gasteiger partial charge on any atom is 0.222 e. The quantitative estimate of drug-likeness (QED) is 0.570. The van der Waals surface area contributed by atoms with E-state index in [-0.39, 0.29) is 16.9 Å². The van der Waals surface area contributed by atoms with Gasteiger partial charge in [0.1, 0.15) is 0 Å². The lowest BCUT2D eigenvalue weighted by Crippen LogP contribution is -2.46. The van der Waals surface area contributed by atoms with Crippen molar-refractivity contribution in [1.29, 1.82) is 0 Å². The molecule has 1 aliphatic heterocycles. The van der Waals surface area contributed by atoms with Crippen molar-refractivity contribution in [3.63, 3.8) is 0 Å². The standard InChI is InChI=1S/C27H38N2O2/c1-6-25(30)29(20-22-12-14-24(15-13-22)28(4)5)18-16-27(23-10-8-7-9-11-23)17-19-31-26(2,3)21-27/h7-15H,6,16-21H2,1-5H3/t27-/m0/s1. The second-order valence-electron chi connectivity index (χ2n) is 9.66. The van der Waals surface area contributed by atoms with E-state index in [1.807, 2.05) is 25.9 Å². The maximum atomic E-state index is 12.8. The van der Waals surface area contributed by atoms with Crippen molar-refractivity contribution in [1.82, 2.24) is 4.90 Å². The number of hydrogen-bond donors (Lipinski definition) is 0. The molecule has 1 saturated heterocycles. The lowest BCUT2D eigenvalue weighted by Gasteiger charge is -2.46. The van der Waals surface area contributed by atoms with Crippen molar-refractivity contribution >= 4 is 11.6 Å². The van der Waals surface area contributed by atoms with Gasteiger partial charge in [-0.3, -0.25) is 4.79 Å². The summed E-state index contributed by atoms with van der Waals surface area (Å²) in [6, 6.07) is 19.3. The van der Waals surface area contributed by atoms with Crippen LogP contribution in [0.1, 0.15) is 57.6 Å². The fourth-order valence-electron chi connectivity index (χ4n) is 4.86. The van der Waals surface area contributed by atoms with E-state index in [2.05, 4.69) is 73.3 Å². The molecule has 0 aromatic heterocycles. The van der Waals surface area contributed by atoms with Gasteiger partial charge in [-0.15, -0.1) is 0 Å². The first-order valence-corrected chi connectivity index (χ1v) is 11.5. The van der Waals surface area contributed by atoms with Crippen molar-refractivity contribution in [3.8, 4) is 0 Å². The van der Waals surface area contributed by atoms with Crippen LogP contribution in [0.3, 0.4) is 0 Å². The first-order valence-electron chi connectivity index (χ1n) is 11.5. The molecule has 1 atom stereocenters. The summed E-state index contributed by atoms with van der Waals surface area (Å²) in [5.74, 6) is 0.214. The largest absolute Gasteiger partial charge is 0.378 e. The lowest BCUT2D eigenvalue weighted by atomic mass is 9.67. The van der Waals surface area contributed by atoms with Crippen LogP contribution in [0.25, 0.3) is 0 Å². The van der Waals surface area contributed by atoms with Crippen LogP contribution in [0.15, 0.2) is 54.6 Å². The van der Waals surface area contributed by atoms with Crippen molar-refractivity contribution < 1.29 is 9.53 Å². The van der Waals surface area contributed by atoms with Gasteiger partial charge in [0.25, 0.3) is 0 Å². The van der Waals surface area contributed by atoms with Crippen LogP contribution < -0.4 is 4.90 Å². The highest BCUT2D eigenvalue weighted by Gasteiger charge is 2.42. The minimum Gasteiger partial charge on any atom is -0.378 e. The van der Waals surface area contributed by atoms with Crippen LogP contribution in [0.5, 0.6) is 0 Å². The van der Waals surface area contributed by atoms with Gasteiger partial charge in [0.05, 0.1) is 5.60 Å². The Balaban J connectivity index is 1.80. The van der Waals surface area contributed by atoms with Crippen LogP contribution in [0.4, 0.5) is 5.69 Å². The van der Waals surface area contributed by atoms with E-state index in [4.69, 9.17) is 4.74 Å². The number of rotatable bonds is 8. The molecule has 1 aliphatic rings. The lowest BCUT2D eigenvalue weighted by molar-refractivity contribution is -0.132. The predicted octanol–water partition coefficient (Wildman–Crippen LogP) is 5.41. The van der Waals surface area contributed by atoms with Gasteiger partial charge in [-0.1, -0.05) is 49.4 Å². The van der Waals surface area contributed by atoms with E-state index >= 15 is 0 Å². The molecule has 1 heterocycles. The topological polar surface area (TPSA) is 32.8 Å². The third-order valence-electron chi connectivity index (χ3n) is 6.57. The van der Waals surface area contributed by atoms with Crippen LogP contribution >= 0.6 is 0 Å². The van der Waals surface area contributed by atoms with Gasteiger partial charge in [0.2, 0.25) is 5.91 Å². The van der Waals surface area contributed by atoms with Crippen molar-refractivity contribution in [2.75, 3.05) is 32.1 Å². The molecular weight excluding hydrogens is 384 g/mol. The number of hydrogen-bond acceptors (Lipinski definition) is 3. The smallest absolute Gasteiger partial charge is 0.222 e. The Bertz CT molecular complexity index is 845. The number of ether oxygens (including phenoxy) is 1. The van der Waals surface area contributed by atoms with Crippen LogP contribution in [-0.2, 0) is 21.5 Å². The summed E-state index contributed by atoms with van der Waals surface area (Å²) in [6.45, 7) is 8.50. The normalized spacial score (nSPS) is 20.3. The molecular formula is C27H38N2O2. The molecule has 0 saturated carbocycles. The van der Waals surface area contributed by atoms with Crippen LogP contribution in [0.2, 0.25) is 0 Å². The fourth-order valence-corrected chi connectivity index (χ4v) is 4.86. The van der Waals surface area contributed by atoms with E-state index in [1.54, 1.807) is 0 Å². The second-order valence-corrected chi connectivity index (χ2v) is 9.66. The molecule has 0 bridgehead atoms. The van der Waals surface area contributed by atoms with E-state index in [0.29, 0.717) is 13.0 Å². The third kappa shape index (κ3) is 5.88. The Morgan fingerprint density at radius 2 is 1.71 bits per heavy atom. The molecule has 2 aromatic rings. The Labute approximate surface area is 188 Å². The molecule has 0 spiro atoms. The second kappa shape index (κ2) is 9.86. The first kappa shape index (κ1) is 23.3. The summed E-state index contributed by atoms with van der Waals surface area (Å²) in [4.78, 5) is 17.0. The summed E-state index contributed by atoms with van der Waals surface area (Å²) >= 11 is 0. The molecule has 3 rings (SSSR count). The Morgan fingerprint density at radius 1 is 1.03 bits per heavy atom. The van der Waals surface area contributed by atoms with Gasteiger partial charge in [-0.05, 0) is 56.4 Å². The van der Waals surface area contributed by atoms with Gasteiger partial charge in [0.15, 0.2) is 0 Å². The number of carbonyl (C=O) groups is 1. The predicted molar refractivity (Wildman–Crippen MR) is 128 cm³/mol. The average Bonchev–Trinajstić information content (AvgIpc) is 2.76. The molecule has 4 nitrogen and oxygen atoms in total. The van der Waals surface area contributed by atoms with Crippen molar-refractivity contribution in [2.45, 2.75) is 64.0 Å². The monoisotopic (exact) mass is 422 g/mol. The van der Waals surface area contributed by atoms with Gasteiger partial charge in [0, 0.05) is 51.3 Å². The molecule has 0 unspecified atom stereocenters. The van der Waals surface area contributed by atoms with Crippen molar-refractivity contribution in [2.24, 2.45) is 0 Å². The number of nitrogens with zero attached hydrogens (tertiary/aromatic N) is 2. The Kier molecular flexibility index (Phi) is 7.42. The summed E-state index contributed by atoms with van der Waals surface area (Å²) in [5, 5.41) is 0. The van der Waals surface area contributed by atoms with E-state index in [0.717, 1.165) is 32.4 Å². The van der Waals surface area contributed by atoms with Crippen molar-refractivity contribution in [3.05, 3.63) is 65.7 Å². The fraction of sp³-hybridized carbons (Fsp3) is 0.519. The minimum atomic E-state index is -0.157. The SMILES string of the molecule is CCC(=O)N(CC[C@]1(c2ccccc2)CCOC(C)(C)C1)Cc1ccc(N(C)C)cc1. The maximum absolute atomic E-state index is 12.8.